The van der Waals surface area contributed by atoms with Gasteiger partial charge in [-0.15, -0.1) is 0 Å². The number of hydrogen-bond acceptors (Lipinski definition) is 4. The van der Waals surface area contributed by atoms with Crippen molar-refractivity contribution in [2.24, 2.45) is 11.7 Å². The summed E-state index contributed by atoms with van der Waals surface area (Å²) in [5.74, 6) is -1.71. The van der Waals surface area contributed by atoms with E-state index >= 15 is 0 Å². The molecule has 1 rings (SSSR count). The summed E-state index contributed by atoms with van der Waals surface area (Å²) < 4.78 is 0. The molecule has 5 N–H and O–H groups in total. The van der Waals surface area contributed by atoms with Crippen molar-refractivity contribution in [3.8, 4) is 5.75 Å². The van der Waals surface area contributed by atoms with E-state index in [1.807, 2.05) is 6.92 Å². The largest absolute Gasteiger partial charge is 0.508 e. The number of phenols is 1. The van der Waals surface area contributed by atoms with Gasteiger partial charge in [0.25, 0.3) is 0 Å². The first-order valence-corrected chi connectivity index (χ1v) is 6.49. The number of benzene rings is 1. The zero-order valence-corrected chi connectivity index (χ0v) is 11.4. The fourth-order valence-corrected chi connectivity index (χ4v) is 1.82. The Bertz CT molecular complexity index is 455. The van der Waals surface area contributed by atoms with Crippen LogP contribution in [0.5, 0.6) is 5.75 Å². The fourth-order valence-electron chi connectivity index (χ4n) is 1.82. The first-order valence-electron chi connectivity index (χ1n) is 6.49. The minimum atomic E-state index is -1.10. The van der Waals surface area contributed by atoms with Gasteiger partial charge in [0.15, 0.2) is 0 Å². The number of carbonyl (C=O) groups is 2. The quantitative estimate of drug-likeness (QED) is 0.580. The number of amides is 1. The second kappa shape index (κ2) is 7.49. The van der Waals surface area contributed by atoms with Gasteiger partial charge in [0.05, 0.1) is 0 Å². The van der Waals surface area contributed by atoms with Gasteiger partial charge in [-0.1, -0.05) is 19.1 Å². The number of nitrogens with two attached hydrogens (primary N) is 1. The Morgan fingerprint density at radius 1 is 1.30 bits per heavy atom. The molecule has 110 valence electrons. The molecule has 2 atom stereocenters. The monoisotopic (exact) mass is 280 g/mol. The summed E-state index contributed by atoms with van der Waals surface area (Å²) >= 11 is 0. The molecule has 1 amide bonds. The van der Waals surface area contributed by atoms with Crippen molar-refractivity contribution in [3.05, 3.63) is 29.8 Å². The number of rotatable bonds is 7. The molecule has 0 aromatic heterocycles. The molecule has 6 nitrogen and oxygen atoms in total. The van der Waals surface area contributed by atoms with Crippen LogP contribution in [0.3, 0.4) is 0 Å². The molecule has 6 heteroatoms. The number of nitrogens with one attached hydrogen (secondary N) is 1. The Kier molecular flexibility index (Phi) is 5.99. The molecule has 0 spiro atoms. The number of carboxylic acids is 1. The van der Waals surface area contributed by atoms with Crippen LogP contribution in [0, 0.1) is 5.92 Å². The Balaban J connectivity index is 2.72. The van der Waals surface area contributed by atoms with E-state index in [4.69, 9.17) is 10.8 Å². The molecule has 0 aliphatic rings. The molecule has 0 aliphatic heterocycles. The molecule has 0 radical (unpaired) electrons. The van der Waals surface area contributed by atoms with Gasteiger partial charge in [0, 0.05) is 18.9 Å². The molecular formula is C14H20N2O4. The summed E-state index contributed by atoms with van der Waals surface area (Å²) in [5.41, 5.74) is 6.19. The summed E-state index contributed by atoms with van der Waals surface area (Å²) in [6.45, 7) is 2.01. The number of carboxylic acid groups (broad SMARTS) is 1. The van der Waals surface area contributed by atoms with Crippen molar-refractivity contribution < 1.29 is 19.8 Å². The molecular weight excluding hydrogens is 260 g/mol. The van der Waals surface area contributed by atoms with Crippen molar-refractivity contribution in [2.75, 3.05) is 6.54 Å². The lowest BCUT2D eigenvalue weighted by Gasteiger charge is -2.18. The van der Waals surface area contributed by atoms with E-state index in [0.717, 1.165) is 5.56 Å². The number of hydrogen-bond donors (Lipinski definition) is 4. The SMILES string of the molecule is CCC(CN)C(=O)N[C@H](Cc1ccc(O)cc1)C(=O)O. The van der Waals surface area contributed by atoms with Gasteiger partial charge < -0.3 is 21.3 Å². The van der Waals surface area contributed by atoms with Gasteiger partial charge in [0.2, 0.25) is 5.91 Å². The van der Waals surface area contributed by atoms with Crippen molar-refractivity contribution in [2.45, 2.75) is 25.8 Å². The zero-order chi connectivity index (χ0) is 15.1. The van der Waals surface area contributed by atoms with Gasteiger partial charge in [-0.2, -0.15) is 0 Å². The highest BCUT2D eigenvalue weighted by Crippen LogP contribution is 2.12. The smallest absolute Gasteiger partial charge is 0.326 e. The Labute approximate surface area is 117 Å². The van der Waals surface area contributed by atoms with Crippen LogP contribution in [0.2, 0.25) is 0 Å². The predicted molar refractivity (Wildman–Crippen MR) is 74.2 cm³/mol. The van der Waals surface area contributed by atoms with Crippen LogP contribution in [0.15, 0.2) is 24.3 Å². The molecule has 0 saturated heterocycles. The van der Waals surface area contributed by atoms with E-state index in [2.05, 4.69) is 5.32 Å². The minimum absolute atomic E-state index is 0.110. The van der Waals surface area contributed by atoms with Crippen LogP contribution in [0.4, 0.5) is 0 Å². The number of phenolic OH excluding ortho intramolecular Hbond substituents is 1. The first kappa shape index (κ1) is 16.0. The second-order valence-electron chi connectivity index (χ2n) is 4.61. The number of aromatic hydroxyl groups is 1. The van der Waals surface area contributed by atoms with Crippen LogP contribution in [-0.4, -0.2) is 34.7 Å². The van der Waals surface area contributed by atoms with E-state index in [0.29, 0.717) is 6.42 Å². The second-order valence-corrected chi connectivity index (χ2v) is 4.61. The summed E-state index contributed by atoms with van der Waals surface area (Å²) in [5, 5.41) is 20.9. The Morgan fingerprint density at radius 2 is 1.90 bits per heavy atom. The predicted octanol–water partition coefficient (Wildman–Crippen LogP) is 0.489. The highest BCUT2D eigenvalue weighted by molar-refractivity contribution is 5.85. The van der Waals surface area contributed by atoms with Crippen molar-refractivity contribution >= 4 is 11.9 Å². The molecule has 0 aliphatic carbocycles. The number of carbonyl (C=O) groups excluding carboxylic acids is 1. The maximum atomic E-state index is 11.9. The summed E-state index contributed by atoms with van der Waals surface area (Å²) in [7, 11) is 0. The summed E-state index contributed by atoms with van der Waals surface area (Å²) in [4.78, 5) is 23.1. The molecule has 0 saturated carbocycles. The maximum absolute atomic E-state index is 11.9. The van der Waals surface area contributed by atoms with E-state index < -0.39 is 12.0 Å². The number of aliphatic carboxylic acids is 1. The molecule has 1 aromatic rings. The van der Waals surface area contributed by atoms with Crippen LogP contribution in [0.1, 0.15) is 18.9 Å². The molecule has 20 heavy (non-hydrogen) atoms. The van der Waals surface area contributed by atoms with E-state index in [1.165, 1.54) is 12.1 Å². The maximum Gasteiger partial charge on any atom is 0.326 e. The van der Waals surface area contributed by atoms with Crippen molar-refractivity contribution in [1.29, 1.82) is 0 Å². The zero-order valence-electron chi connectivity index (χ0n) is 11.4. The molecule has 1 unspecified atom stereocenters. The average molecular weight is 280 g/mol. The van der Waals surface area contributed by atoms with Gasteiger partial charge >= 0.3 is 5.97 Å². The third-order valence-electron chi connectivity index (χ3n) is 3.14. The van der Waals surface area contributed by atoms with E-state index in [1.54, 1.807) is 12.1 Å². The lowest BCUT2D eigenvalue weighted by atomic mass is 10.0. The fraction of sp³-hybridized carbons (Fsp3) is 0.429. The minimum Gasteiger partial charge on any atom is -0.508 e. The summed E-state index contributed by atoms with van der Waals surface area (Å²) in [6.07, 6.45) is 0.718. The van der Waals surface area contributed by atoms with Gasteiger partial charge in [0.1, 0.15) is 11.8 Å². The third-order valence-corrected chi connectivity index (χ3v) is 3.14. The van der Waals surface area contributed by atoms with Crippen molar-refractivity contribution in [3.63, 3.8) is 0 Å². The lowest BCUT2D eigenvalue weighted by molar-refractivity contribution is -0.142. The van der Waals surface area contributed by atoms with Crippen LogP contribution in [-0.2, 0) is 16.0 Å². The van der Waals surface area contributed by atoms with Crippen LogP contribution < -0.4 is 11.1 Å². The first-order chi connectivity index (χ1) is 9.47. The molecule has 0 bridgehead atoms. The highest BCUT2D eigenvalue weighted by atomic mass is 16.4. The van der Waals surface area contributed by atoms with E-state index in [9.17, 15) is 14.7 Å². The lowest BCUT2D eigenvalue weighted by Crippen LogP contribution is -2.46. The highest BCUT2D eigenvalue weighted by Gasteiger charge is 2.23. The Hall–Kier alpha value is -2.08. The molecule has 0 heterocycles. The van der Waals surface area contributed by atoms with Gasteiger partial charge in [-0.3, -0.25) is 4.79 Å². The molecule has 1 aromatic carbocycles. The topological polar surface area (TPSA) is 113 Å². The summed E-state index contributed by atoms with van der Waals surface area (Å²) in [6, 6.07) is 5.19. The average Bonchev–Trinajstić information content (AvgIpc) is 2.41. The van der Waals surface area contributed by atoms with Crippen LogP contribution in [0.25, 0.3) is 0 Å². The third kappa shape index (κ3) is 4.55. The normalized spacial score (nSPS) is 13.5. The molecule has 0 fully saturated rings. The Morgan fingerprint density at radius 3 is 2.35 bits per heavy atom. The standard InChI is InChI=1S/C14H20N2O4/c1-2-10(8-15)13(18)16-12(14(19)20)7-9-3-5-11(17)6-4-9/h3-6,10,12,17H,2,7-8,15H2,1H3,(H,16,18)(H,19,20)/t10?,12-/m1/s1. The van der Waals surface area contributed by atoms with Crippen LogP contribution >= 0.6 is 0 Å². The van der Waals surface area contributed by atoms with E-state index in [-0.39, 0.29) is 30.5 Å². The van der Waals surface area contributed by atoms with Gasteiger partial charge in [-0.05, 0) is 24.1 Å². The van der Waals surface area contributed by atoms with Gasteiger partial charge in [-0.25, -0.2) is 4.79 Å². The van der Waals surface area contributed by atoms with Crippen molar-refractivity contribution in [1.82, 2.24) is 5.32 Å².